The molecule has 2 rings (SSSR count). The summed E-state index contributed by atoms with van der Waals surface area (Å²) in [6.07, 6.45) is 3.17. The summed E-state index contributed by atoms with van der Waals surface area (Å²) in [5, 5.41) is 6.22. The second-order valence-corrected chi connectivity index (χ2v) is 5.61. The van der Waals surface area contributed by atoms with Gasteiger partial charge in [-0.1, -0.05) is 17.7 Å². The molecule has 0 unspecified atom stereocenters. The molecule has 116 valence electrons. The first kappa shape index (κ1) is 17.9. The fourth-order valence-electron chi connectivity index (χ4n) is 1.93. The number of hydrogen-bond acceptors (Lipinski definition) is 4. The van der Waals surface area contributed by atoms with Crippen molar-refractivity contribution in [3.63, 3.8) is 0 Å². The average molecular weight is 329 g/mol. The van der Waals surface area contributed by atoms with Crippen LogP contribution in [0.15, 0.2) is 40.8 Å². The van der Waals surface area contributed by atoms with Crippen molar-refractivity contribution >= 4 is 30.1 Å². The summed E-state index contributed by atoms with van der Waals surface area (Å²) in [7, 11) is 1.64. The lowest BCUT2D eigenvalue weighted by Gasteiger charge is -2.14. The van der Waals surface area contributed by atoms with Gasteiger partial charge < -0.3 is 15.4 Å². The summed E-state index contributed by atoms with van der Waals surface area (Å²) in [6.45, 7) is 2.57. The maximum Gasteiger partial charge on any atom is 0.230 e. The van der Waals surface area contributed by atoms with Gasteiger partial charge in [0.25, 0.3) is 0 Å². The van der Waals surface area contributed by atoms with E-state index in [2.05, 4.69) is 16.7 Å². The fourth-order valence-corrected chi connectivity index (χ4v) is 2.71. The molecule has 0 bridgehead atoms. The molecular formula is C15H21ClN2O2S. The molecule has 2 N–H and O–H groups in total. The molecule has 1 aromatic carbocycles. The van der Waals surface area contributed by atoms with Crippen LogP contribution < -0.4 is 15.4 Å². The molecule has 6 heteroatoms. The van der Waals surface area contributed by atoms with Crippen LogP contribution >= 0.6 is 24.2 Å². The average Bonchev–Trinajstić information content (AvgIpc) is 2.52. The molecule has 0 spiro atoms. The van der Waals surface area contributed by atoms with Crippen molar-refractivity contribution in [1.29, 1.82) is 0 Å². The molecule has 1 aromatic rings. The van der Waals surface area contributed by atoms with Gasteiger partial charge in [-0.05, 0) is 31.2 Å². The van der Waals surface area contributed by atoms with Crippen LogP contribution in [0.1, 0.15) is 6.42 Å². The van der Waals surface area contributed by atoms with Crippen molar-refractivity contribution in [3.05, 3.63) is 35.9 Å². The normalized spacial score (nSPS) is 13.9. The van der Waals surface area contributed by atoms with E-state index in [1.54, 1.807) is 7.11 Å². The highest BCUT2D eigenvalue weighted by atomic mass is 35.5. The van der Waals surface area contributed by atoms with E-state index in [1.165, 1.54) is 17.3 Å². The van der Waals surface area contributed by atoms with Crippen LogP contribution in [-0.2, 0) is 4.79 Å². The number of ether oxygens (including phenoxy) is 1. The zero-order valence-electron chi connectivity index (χ0n) is 12.1. The number of hydrogen-bond donors (Lipinski definition) is 2. The Labute approximate surface area is 136 Å². The number of halogens is 1. The SMILES string of the molecule is COc1cccc(SCC(=O)NCC2=CCNCC2)c1.Cl. The molecule has 1 aliphatic rings. The number of rotatable bonds is 6. The number of carbonyl (C=O) groups is 1. The molecule has 0 radical (unpaired) electrons. The van der Waals surface area contributed by atoms with E-state index >= 15 is 0 Å². The van der Waals surface area contributed by atoms with Gasteiger partial charge in [-0.2, -0.15) is 0 Å². The Morgan fingerprint density at radius 3 is 3.05 bits per heavy atom. The number of thioether (sulfide) groups is 1. The van der Waals surface area contributed by atoms with Crippen LogP contribution in [0, 0.1) is 0 Å². The van der Waals surface area contributed by atoms with E-state index in [0.29, 0.717) is 12.3 Å². The van der Waals surface area contributed by atoms with Crippen molar-refractivity contribution < 1.29 is 9.53 Å². The van der Waals surface area contributed by atoms with E-state index in [9.17, 15) is 4.79 Å². The van der Waals surface area contributed by atoms with Crippen LogP contribution in [0.3, 0.4) is 0 Å². The topological polar surface area (TPSA) is 50.4 Å². The van der Waals surface area contributed by atoms with Crippen LogP contribution in [0.2, 0.25) is 0 Å². The largest absolute Gasteiger partial charge is 0.497 e. The van der Waals surface area contributed by atoms with Gasteiger partial charge in [0.05, 0.1) is 12.9 Å². The molecule has 0 saturated carbocycles. The lowest BCUT2D eigenvalue weighted by Crippen LogP contribution is -2.30. The van der Waals surface area contributed by atoms with E-state index < -0.39 is 0 Å². The Morgan fingerprint density at radius 2 is 2.33 bits per heavy atom. The van der Waals surface area contributed by atoms with Gasteiger partial charge in [0.1, 0.15) is 5.75 Å². The third-order valence-electron chi connectivity index (χ3n) is 3.08. The summed E-state index contributed by atoms with van der Waals surface area (Å²) in [4.78, 5) is 12.8. The highest BCUT2D eigenvalue weighted by Gasteiger charge is 2.06. The number of carbonyl (C=O) groups excluding carboxylic acids is 1. The van der Waals surface area contributed by atoms with Crippen molar-refractivity contribution in [2.75, 3.05) is 32.5 Å². The first-order valence-electron chi connectivity index (χ1n) is 6.70. The second-order valence-electron chi connectivity index (χ2n) is 4.56. The molecule has 0 saturated heterocycles. The van der Waals surface area contributed by atoms with Crippen LogP contribution in [-0.4, -0.2) is 38.4 Å². The lowest BCUT2D eigenvalue weighted by atomic mass is 10.1. The van der Waals surface area contributed by atoms with Gasteiger partial charge in [0, 0.05) is 18.0 Å². The minimum Gasteiger partial charge on any atom is -0.497 e. The van der Waals surface area contributed by atoms with E-state index in [1.807, 2.05) is 24.3 Å². The fraction of sp³-hybridized carbons (Fsp3) is 0.400. The highest BCUT2D eigenvalue weighted by Crippen LogP contribution is 2.22. The molecule has 0 fully saturated rings. The molecule has 0 atom stereocenters. The van der Waals surface area contributed by atoms with Crippen LogP contribution in [0.5, 0.6) is 5.75 Å². The van der Waals surface area contributed by atoms with E-state index in [-0.39, 0.29) is 18.3 Å². The third kappa shape index (κ3) is 6.42. The monoisotopic (exact) mass is 328 g/mol. The number of amides is 1. The summed E-state index contributed by atoms with van der Waals surface area (Å²) >= 11 is 1.52. The number of nitrogens with one attached hydrogen (secondary N) is 2. The molecule has 0 aliphatic carbocycles. The first-order valence-corrected chi connectivity index (χ1v) is 7.68. The van der Waals surface area contributed by atoms with Crippen molar-refractivity contribution in [2.24, 2.45) is 0 Å². The summed E-state index contributed by atoms with van der Waals surface area (Å²) in [6, 6.07) is 7.75. The van der Waals surface area contributed by atoms with Crippen LogP contribution in [0.25, 0.3) is 0 Å². The summed E-state index contributed by atoms with van der Waals surface area (Å²) in [5.41, 5.74) is 1.31. The Morgan fingerprint density at radius 1 is 1.48 bits per heavy atom. The standard InChI is InChI=1S/C15H20N2O2S.ClH/c1-19-13-3-2-4-14(9-13)20-11-15(18)17-10-12-5-7-16-8-6-12;/h2-5,9,16H,6-8,10-11H2,1H3,(H,17,18);1H. The van der Waals surface area contributed by atoms with Gasteiger partial charge >= 0.3 is 0 Å². The minimum atomic E-state index is 0. The second kappa shape index (κ2) is 9.71. The predicted molar refractivity (Wildman–Crippen MR) is 89.5 cm³/mol. The summed E-state index contributed by atoms with van der Waals surface area (Å²) < 4.78 is 5.16. The maximum absolute atomic E-state index is 11.8. The van der Waals surface area contributed by atoms with Crippen molar-refractivity contribution in [1.82, 2.24) is 10.6 Å². The third-order valence-corrected chi connectivity index (χ3v) is 4.08. The number of methoxy groups -OCH3 is 1. The van der Waals surface area contributed by atoms with Gasteiger partial charge in [-0.25, -0.2) is 0 Å². The molecule has 1 aliphatic heterocycles. The first-order chi connectivity index (χ1) is 9.78. The Balaban J connectivity index is 0.00000220. The van der Waals surface area contributed by atoms with Crippen molar-refractivity contribution in [3.8, 4) is 5.75 Å². The van der Waals surface area contributed by atoms with Gasteiger partial charge in [-0.3, -0.25) is 4.79 Å². The zero-order valence-corrected chi connectivity index (χ0v) is 13.7. The Hall–Kier alpha value is -1.17. The maximum atomic E-state index is 11.8. The van der Waals surface area contributed by atoms with E-state index in [4.69, 9.17) is 4.74 Å². The van der Waals surface area contributed by atoms with Crippen LogP contribution in [0.4, 0.5) is 0 Å². The van der Waals surface area contributed by atoms with Gasteiger partial charge in [-0.15, -0.1) is 24.2 Å². The Bertz CT molecular complexity index is 494. The minimum absolute atomic E-state index is 0. The number of benzene rings is 1. The molecular weight excluding hydrogens is 308 g/mol. The molecule has 1 heterocycles. The highest BCUT2D eigenvalue weighted by molar-refractivity contribution is 8.00. The van der Waals surface area contributed by atoms with Gasteiger partial charge in [0.2, 0.25) is 5.91 Å². The Kier molecular flexibility index (Phi) is 8.27. The molecule has 21 heavy (non-hydrogen) atoms. The quantitative estimate of drug-likeness (QED) is 0.621. The van der Waals surface area contributed by atoms with Gasteiger partial charge in [0.15, 0.2) is 0 Å². The predicted octanol–water partition coefficient (Wildman–Crippen LogP) is 2.25. The zero-order chi connectivity index (χ0) is 14.2. The summed E-state index contributed by atoms with van der Waals surface area (Å²) in [5.74, 6) is 1.31. The van der Waals surface area contributed by atoms with E-state index in [0.717, 1.165) is 30.2 Å². The molecule has 4 nitrogen and oxygen atoms in total. The lowest BCUT2D eigenvalue weighted by molar-refractivity contribution is -0.118. The molecule has 0 aromatic heterocycles. The molecule has 1 amide bonds. The van der Waals surface area contributed by atoms with Crippen molar-refractivity contribution in [2.45, 2.75) is 11.3 Å². The smallest absolute Gasteiger partial charge is 0.230 e.